The van der Waals surface area contributed by atoms with Gasteiger partial charge in [0.2, 0.25) is 0 Å². The lowest BCUT2D eigenvalue weighted by atomic mass is 10.2. The standard InChI is InChI=1S/C16H12N2O2S2/c19-16(20)12-9-17-14(13-7-4-8-21-13)18-15(12)22-10-11-5-2-1-3-6-11/h1-9H,10H2,(H,19,20). The molecule has 0 atom stereocenters. The number of carbonyl (C=O) groups is 1. The lowest BCUT2D eigenvalue weighted by molar-refractivity contribution is 0.0691. The number of hydrogen-bond donors (Lipinski definition) is 1. The zero-order valence-corrected chi connectivity index (χ0v) is 13.1. The second-order valence-corrected chi connectivity index (χ2v) is 6.38. The molecule has 0 radical (unpaired) electrons. The second-order valence-electron chi connectivity index (χ2n) is 4.47. The Morgan fingerprint density at radius 3 is 2.68 bits per heavy atom. The molecule has 0 spiro atoms. The lowest BCUT2D eigenvalue weighted by Crippen LogP contribution is -2.03. The van der Waals surface area contributed by atoms with Crippen molar-refractivity contribution < 1.29 is 9.90 Å². The van der Waals surface area contributed by atoms with Gasteiger partial charge in [0.15, 0.2) is 5.82 Å². The molecule has 0 unspecified atom stereocenters. The minimum Gasteiger partial charge on any atom is -0.478 e. The highest BCUT2D eigenvalue weighted by Crippen LogP contribution is 2.28. The zero-order chi connectivity index (χ0) is 15.4. The highest BCUT2D eigenvalue weighted by molar-refractivity contribution is 7.98. The molecule has 3 rings (SSSR count). The predicted molar refractivity (Wildman–Crippen MR) is 88.3 cm³/mol. The molecule has 1 aromatic carbocycles. The van der Waals surface area contributed by atoms with Gasteiger partial charge in [0.05, 0.1) is 4.88 Å². The van der Waals surface area contributed by atoms with Gasteiger partial charge in [-0.05, 0) is 17.0 Å². The first-order chi connectivity index (χ1) is 10.7. The third kappa shape index (κ3) is 3.35. The van der Waals surface area contributed by atoms with E-state index in [1.165, 1.54) is 29.3 Å². The molecule has 0 aliphatic heterocycles. The summed E-state index contributed by atoms with van der Waals surface area (Å²) in [5.74, 6) is 0.228. The highest BCUT2D eigenvalue weighted by Gasteiger charge is 2.15. The van der Waals surface area contributed by atoms with Gasteiger partial charge in [0, 0.05) is 11.9 Å². The number of carboxylic acid groups (broad SMARTS) is 1. The van der Waals surface area contributed by atoms with Crippen LogP contribution in [0.3, 0.4) is 0 Å². The van der Waals surface area contributed by atoms with E-state index < -0.39 is 5.97 Å². The molecule has 110 valence electrons. The predicted octanol–water partition coefficient (Wildman–Crippen LogP) is 4.20. The van der Waals surface area contributed by atoms with Crippen molar-refractivity contribution in [3.63, 3.8) is 0 Å². The van der Waals surface area contributed by atoms with Gasteiger partial charge in [-0.15, -0.1) is 23.1 Å². The number of thioether (sulfide) groups is 1. The van der Waals surface area contributed by atoms with E-state index in [2.05, 4.69) is 9.97 Å². The third-order valence-corrected chi connectivity index (χ3v) is 4.87. The average Bonchev–Trinajstić information content (AvgIpc) is 3.08. The topological polar surface area (TPSA) is 63.1 Å². The van der Waals surface area contributed by atoms with Gasteiger partial charge in [-0.1, -0.05) is 36.4 Å². The van der Waals surface area contributed by atoms with Crippen molar-refractivity contribution in [2.24, 2.45) is 0 Å². The maximum Gasteiger partial charge on any atom is 0.340 e. The van der Waals surface area contributed by atoms with E-state index in [0.29, 0.717) is 16.6 Å². The maximum atomic E-state index is 11.3. The number of thiophene rings is 1. The van der Waals surface area contributed by atoms with Crippen LogP contribution in [0, 0.1) is 0 Å². The summed E-state index contributed by atoms with van der Waals surface area (Å²) in [4.78, 5) is 20.9. The number of nitrogens with zero attached hydrogens (tertiary/aromatic N) is 2. The molecule has 1 N–H and O–H groups in total. The molecule has 6 heteroatoms. The van der Waals surface area contributed by atoms with Crippen molar-refractivity contribution in [3.05, 3.63) is 65.2 Å². The van der Waals surface area contributed by atoms with E-state index in [1.807, 2.05) is 47.8 Å². The second kappa shape index (κ2) is 6.72. The zero-order valence-electron chi connectivity index (χ0n) is 11.5. The number of benzene rings is 1. The first-order valence-corrected chi connectivity index (χ1v) is 8.41. The molecule has 0 saturated carbocycles. The number of rotatable bonds is 5. The number of hydrogen-bond acceptors (Lipinski definition) is 5. The minimum absolute atomic E-state index is 0.140. The molecular weight excluding hydrogens is 316 g/mol. The normalized spacial score (nSPS) is 10.5. The van der Waals surface area contributed by atoms with Crippen LogP contribution < -0.4 is 0 Å². The van der Waals surface area contributed by atoms with Gasteiger partial charge in [0.1, 0.15) is 10.6 Å². The van der Waals surface area contributed by atoms with Crippen molar-refractivity contribution in [3.8, 4) is 10.7 Å². The van der Waals surface area contributed by atoms with Crippen LogP contribution in [0.25, 0.3) is 10.7 Å². The van der Waals surface area contributed by atoms with Crippen molar-refractivity contribution in [1.29, 1.82) is 0 Å². The fraction of sp³-hybridized carbons (Fsp3) is 0.0625. The molecule has 22 heavy (non-hydrogen) atoms. The summed E-state index contributed by atoms with van der Waals surface area (Å²) in [6, 6.07) is 13.7. The van der Waals surface area contributed by atoms with Gasteiger partial charge in [0.25, 0.3) is 0 Å². The molecule has 0 amide bonds. The smallest absolute Gasteiger partial charge is 0.340 e. The van der Waals surface area contributed by atoms with E-state index in [1.54, 1.807) is 0 Å². The van der Waals surface area contributed by atoms with Crippen molar-refractivity contribution in [1.82, 2.24) is 9.97 Å². The number of aromatic carboxylic acids is 1. The Labute approximate surface area is 135 Å². The van der Waals surface area contributed by atoms with Crippen LogP contribution in [0.15, 0.2) is 59.1 Å². The molecule has 0 saturated heterocycles. The van der Waals surface area contributed by atoms with Gasteiger partial charge in [-0.25, -0.2) is 14.8 Å². The molecule has 0 fully saturated rings. The Morgan fingerprint density at radius 1 is 1.18 bits per heavy atom. The fourth-order valence-electron chi connectivity index (χ4n) is 1.87. The monoisotopic (exact) mass is 328 g/mol. The summed E-state index contributed by atoms with van der Waals surface area (Å²) >= 11 is 2.94. The van der Waals surface area contributed by atoms with Crippen LogP contribution in [0.2, 0.25) is 0 Å². The Kier molecular flexibility index (Phi) is 4.50. The minimum atomic E-state index is -1.01. The molecule has 3 aromatic rings. The molecule has 0 aliphatic rings. The van der Waals surface area contributed by atoms with Crippen molar-refractivity contribution in [2.75, 3.05) is 0 Å². The van der Waals surface area contributed by atoms with Gasteiger partial charge in [-0.2, -0.15) is 0 Å². The van der Waals surface area contributed by atoms with Crippen molar-refractivity contribution >= 4 is 29.1 Å². The van der Waals surface area contributed by atoms with Crippen LogP contribution in [0.4, 0.5) is 0 Å². The molecule has 0 bridgehead atoms. The van der Waals surface area contributed by atoms with Crippen LogP contribution >= 0.6 is 23.1 Å². The van der Waals surface area contributed by atoms with Gasteiger partial charge < -0.3 is 5.11 Å². The molecule has 4 nitrogen and oxygen atoms in total. The summed E-state index contributed by atoms with van der Waals surface area (Å²) in [5, 5.41) is 11.7. The molecule has 2 heterocycles. The van der Waals surface area contributed by atoms with Gasteiger partial charge in [-0.3, -0.25) is 0 Å². The first-order valence-electron chi connectivity index (χ1n) is 6.55. The van der Waals surface area contributed by atoms with E-state index in [9.17, 15) is 9.90 Å². The summed E-state index contributed by atoms with van der Waals surface area (Å²) in [5.41, 5.74) is 1.27. The quantitative estimate of drug-likeness (QED) is 0.562. The molecule has 2 aromatic heterocycles. The Balaban J connectivity index is 1.89. The average molecular weight is 328 g/mol. The first kappa shape index (κ1) is 14.7. The lowest BCUT2D eigenvalue weighted by Gasteiger charge is -2.06. The Bertz CT molecular complexity index is 774. The Morgan fingerprint density at radius 2 is 2.00 bits per heavy atom. The van der Waals surface area contributed by atoms with Gasteiger partial charge >= 0.3 is 5.97 Å². The molecular formula is C16H12N2O2S2. The van der Waals surface area contributed by atoms with Crippen molar-refractivity contribution in [2.45, 2.75) is 10.8 Å². The summed E-state index contributed by atoms with van der Waals surface area (Å²) in [6.45, 7) is 0. The Hall–Kier alpha value is -2.18. The van der Waals surface area contributed by atoms with E-state index in [0.717, 1.165) is 10.4 Å². The summed E-state index contributed by atoms with van der Waals surface area (Å²) < 4.78 is 0. The fourth-order valence-corrected chi connectivity index (χ4v) is 3.48. The highest BCUT2D eigenvalue weighted by atomic mass is 32.2. The summed E-state index contributed by atoms with van der Waals surface area (Å²) in [6.07, 6.45) is 1.39. The molecule has 0 aliphatic carbocycles. The van der Waals surface area contributed by atoms with Crippen LogP contribution in [0.5, 0.6) is 0 Å². The number of aromatic nitrogens is 2. The van der Waals surface area contributed by atoms with Crippen LogP contribution in [0.1, 0.15) is 15.9 Å². The maximum absolute atomic E-state index is 11.3. The third-order valence-electron chi connectivity index (χ3n) is 2.94. The van der Waals surface area contributed by atoms with E-state index in [4.69, 9.17) is 0 Å². The number of carboxylic acids is 1. The largest absolute Gasteiger partial charge is 0.478 e. The van der Waals surface area contributed by atoms with E-state index >= 15 is 0 Å². The summed E-state index contributed by atoms with van der Waals surface area (Å²) in [7, 11) is 0. The van der Waals surface area contributed by atoms with Crippen LogP contribution in [-0.2, 0) is 5.75 Å². The van der Waals surface area contributed by atoms with Crippen LogP contribution in [-0.4, -0.2) is 21.0 Å². The van der Waals surface area contributed by atoms with E-state index in [-0.39, 0.29) is 5.56 Å². The SMILES string of the molecule is O=C(O)c1cnc(-c2cccs2)nc1SCc1ccccc1.